The summed E-state index contributed by atoms with van der Waals surface area (Å²) in [5.41, 5.74) is 0. The van der Waals surface area contributed by atoms with Gasteiger partial charge in [0.25, 0.3) is 0 Å². The van der Waals surface area contributed by atoms with E-state index in [-0.39, 0.29) is 0 Å². The van der Waals surface area contributed by atoms with Crippen molar-refractivity contribution in [3.05, 3.63) is 18.5 Å². The molecule has 1 atom stereocenters. The second-order valence-corrected chi connectivity index (χ2v) is 6.57. The van der Waals surface area contributed by atoms with Crippen molar-refractivity contribution in [1.82, 2.24) is 25.3 Å². The van der Waals surface area contributed by atoms with Crippen LogP contribution in [0.15, 0.2) is 23.5 Å². The fraction of sp³-hybridized carbons (Fsp3) is 0.765. The van der Waals surface area contributed by atoms with Crippen molar-refractivity contribution in [2.75, 3.05) is 33.2 Å². The fourth-order valence-electron chi connectivity index (χ4n) is 2.94. The molecule has 0 radical (unpaired) electrons. The summed E-state index contributed by atoms with van der Waals surface area (Å²) in [6.45, 7) is 9.87. The second-order valence-electron chi connectivity index (χ2n) is 6.57. The molecule has 0 aliphatic carbocycles. The van der Waals surface area contributed by atoms with Gasteiger partial charge < -0.3 is 10.6 Å². The first kappa shape index (κ1) is 17.8. The van der Waals surface area contributed by atoms with Crippen molar-refractivity contribution in [2.45, 2.75) is 45.7 Å². The summed E-state index contributed by atoms with van der Waals surface area (Å²) in [5, 5.41) is 11.0. The van der Waals surface area contributed by atoms with Crippen molar-refractivity contribution in [3.8, 4) is 0 Å². The Morgan fingerprint density at radius 2 is 2.13 bits per heavy atom. The highest BCUT2D eigenvalue weighted by atomic mass is 15.3. The third-order valence-electron chi connectivity index (χ3n) is 4.65. The molecular formula is C17H32N6. The maximum atomic E-state index is 4.31. The predicted octanol–water partition coefficient (Wildman–Crippen LogP) is 1.56. The molecule has 1 aromatic rings. The molecule has 2 heterocycles. The van der Waals surface area contributed by atoms with E-state index in [0.29, 0.717) is 6.04 Å². The molecule has 1 fully saturated rings. The number of aliphatic imine (C=N–C) groups is 1. The molecule has 2 rings (SSSR count). The Morgan fingerprint density at radius 3 is 2.78 bits per heavy atom. The van der Waals surface area contributed by atoms with E-state index in [9.17, 15) is 0 Å². The van der Waals surface area contributed by atoms with Gasteiger partial charge in [0.2, 0.25) is 0 Å². The minimum atomic E-state index is 0.546. The van der Waals surface area contributed by atoms with E-state index >= 15 is 0 Å². The number of likely N-dealkylation sites (tertiary alicyclic amines) is 1. The molecule has 1 aliphatic rings. The van der Waals surface area contributed by atoms with Gasteiger partial charge in [0.05, 0.1) is 0 Å². The lowest BCUT2D eigenvalue weighted by atomic mass is 9.98. The summed E-state index contributed by atoms with van der Waals surface area (Å²) < 4.78 is 1.96. The molecule has 6 nitrogen and oxygen atoms in total. The Hall–Kier alpha value is -1.56. The van der Waals surface area contributed by atoms with Crippen LogP contribution in [0.3, 0.4) is 0 Å². The monoisotopic (exact) mass is 320 g/mol. The third kappa shape index (κ3) is 6.22. The molecular weight excluding hydrogens is 288 g/mol. The Kier molecular flexibility index (Phi) is 7.39. The standard InChI is InChI=1S/C17H32N6/c1-15-6-12-22(13-7-15)16(2)14-20-17(18-3)19-8-4-10-23-11-5-9-21-23/h5,9,11,15-16H,4,6-8,10,12-14H2,1-3H3,(H2,18,19,20). The Bertz CT molecular complexity index is 448. The van der Waals surface area contributed by atoms with Crippen LogP contribution in [-0.2, 0) is 6.54 Å². The van der Waals surface area contributed by atoms with Gasteiger partial charge in [0.15, 0.2) is 5.96 Å². The summed E-state index contributed by atoms with van der Waals surface area (Å²) in [6.07, 6.45) is 7.49. The van der Waals surface area contributed by atoms with Crippen LogP contribution in [0.4, 0.5) is 0 Å². The van der Waals surface area contributed by atoms with Gasteiger partial charge in [-0.3, -0.25) is 14.6 Å². The minimum Gasteiger partial charge on any atom is -0.356 e. The van der Waals surface area contributed by atoms with Gasteiger partial charge in [-0.1, -0.05) is 6.92 Å². The van der Waals surface area contributed by atoms with E-state index in [4.69, 9.17) is 0 Å². The largest absolute Gasteiger partial charge is 0.356 e. The molecule has 0 aromatic carbocycles. The van der Waals surface area contributed by atoms with E-state index in [2.05, 4.69) is 39.5 Å². The van der Waals surface area contributed by atoms with Crippen LogP contribution < -0.4 is 10.6 Å². The number of aryl methyl sites for hydroxylation is 1. The number of piperidine rings is 1. The molecule has 6 heteroatoms. The van der Waals surface area contributed by atoms with Crippen LogP contribution in [0.2, 0.25) is 0 Å². The summed E-state index contributed by atoms with van der Waals surface area (Å²) in [5.74, 6) is 1.78. The molecule has 0 bridgehead atoms. The maximum absolute atomic E-state index is 4.31. The molecule has 0 saturated carbocycles. The molecule has 1 unspecified atom stereocenters. The first-order chi connectivity index (χ1) is 11.2. The van der Waals surface area contributed by atoms with E-state index < -0.39 is 0 Å². The Morgan fingerprint density at radius 1 is 1.35 bits per heavy atom. The van der Waals surface area contributed by atoms with Gasteiger partial charge in [0, 0.05) is 45.1 Å². The number of guanidine groups is 1. The zero-order chi connectivity index (χ0) is 16.5. The number of aromatic nitrogens is 2. The SMILES string of the molecule is CN=C(NCCCn1cccn1)NCC(C)N1CCC(C)CC1. The maximum Gasteiger partial charge on any atom is 0.191 e. The zero-order valence-corrected chi connectivity index (χ0v) is 14.8. The summed E-state index contributed by atoms with van der Waals surface area (Å²) in [7, 11) is 1.83. The van der Waals surface area contributed by atoms with Crippen LogP contribution in [0.5, 0.6) is 0 Å². The average molecular weight is 320 g/mol. The van der Waals surface area contributed by atoms with Gasteiger partial charge >= 0.3 is 0 Å². The van der Waals surface area contributed by atoms with Gasteiger partial charge in [-0.15, -0.1) is 0 Å². The Balaban J connectivity index is 1.60. The first-order valence-corrected chi connectivity index (χ1v) is 8.85. The lowest BCUT2D eigenvalue weighted by Crippen LogP contribution is -2.48. The van der Waals surface area contributed by atoms with E-state index in [1.54, 1.807) is 0 Å². The van der Waals surface area contributed by atoms with Crippen molar-refractivity contribution < 1.29 is 0 Å². The highest BCUT2D eigenvalue weighted by Gasteiger charge is 2.20. The normalized spacial score (nSPS) is 18.8. The third-order valence-corrected chi connectivity index (χ3v) is 4.65. The van der Waals surface area contributed by atoms with Crippen LogP contribution in [0.25, 0.3) is 0 Å². The van der Waals surface area contributed by atoms with Gasteiger partial charge in [-0.25, -0.2) is 0 Å². The van der Waals surface area contributed by atoms with Crippen LogP contribution >= 0.6 is 0 Å². The second kappa shape index (κ2) is 9.55. The number of hydrogen-bond acceptors (Lipinski definition) is 3. The van der Waals surface area contributed by atoms with Gasteiger partial charge in [-0.2, -0.15) is 5.10 Å². The predicted molar refractivity (Wildman–Crippen MR) is 95.6 cm³/mol. The topological polar surface area (TPSA) is 57.5 Å². The minimum absolute atomic E-state index is 0.546. The fourth-order valence-corrected chi connectivity index (χ4v) is 2.94. The molecule has 1 saturated heterocycles. The van der Waals surface area contributed by atoms with Crippen LogP contribution in [-0.4, -0.2) is 59.9 Å². The summed E-state index contributed by atoms with van der Waals surface area (Å²) in [6, 6.07) is 2.50. The molecule has 23 heavy (non-hydrogen) atoms. The van der Waals surface area contributed by atoms with Crippen molar-refractivity contribution in [3.63, 3.8) is 0 Å². The smallest absolute Gasteiger partial charge is 0.191 e. The lowest BCUT2D eigenvalue weighted by molar-refractivity contribution is 0.147. The van der Waals surface area contributed by atoms with E-state index in [1.807, 2.05) is 30.2 Å². The molecule has 0 amide bonds. The molecule has 2 N–H and O–H groups in total. The first-order valence-electron chi connectivity index (χ1n) is 8.85. The van der Waals surface area contributed by atoms with Crippen LogP contribution in [0, 0.1) is 5.92 Å². The number of nitrogens with zero attached hydrogens (tertiary/aromatic N) is 4. The van der Waals surface area contributed by atoms with Crippen LogP contribution in [0.1, 0.15) is 33.1 Å². The summed E-state index contributed by atoms with van der Waals surface area (Å²) in [4.78, 5) is 6.89. The highest BCUT2D eigenvalue weighted by molar-refractivity contribution is 5.79. The van der Waals surface area contributed by atoms with E-state index in [1.165, 1.54) is 25.9 Å². The highest BCUT2D eigenvalue weighted by Crippen LogP contribution is 2.17. The molecule has 0 spiro atoms. The zero-order valence-electron chi connectivity index (χ0n) is 14.8. The number of nitrogens with one attached hydrogen (secondary N) is 2. The Labute approximate surface area is 140 Å². The summed E-state index contributed by atoms with van der Waals surface area (Å²) >= 11 is 0. The number of hydrogen-bond donors (Lipinski definition) is 2. The van der Waals surface area contributed by atoms with Gasteiger partial charge in [-0.05, 0) is 51.3 Å². The average Bonchev–Trinajstić information content (AvgIpc) is 3.08. The van der Waals surface area contributed by atoms with Crippen molar-refractivity contribution >= 4 is 5.96 Å². The molecule has 1 aromatic heterocycles. The number of rotatable bonds is 7. The van der Waals surface area contributed by atoms with Crippen molar-refractivity contribution in [2.24, 2.45) is 10.9 Å². The van der Waals surface area contributed by atoms with Gasteiger partial charge in [0.1, 0.15) is 0 Å². The quantitative estimate of drug-likeness (QED) is 0.455. The lowest BCUT2D eigenvalue weighted by Gasteiger charge is -2.35. The van der Waals surface area contributed by atoms with E-state index in [0.717, 1.165) is 37.9 Å². The molecule has 1 aliphatic heterocycles. The molecule has 130 valence electrons. The van der Waals surface area contributed by atoms with Crippen molar-refractivity contribution in [1.29, 1.82) is 0 Å².